The van der Waals surface area contributed by atoms with Gasteiger partial charge in [0, 0.05) is 19.0 Å². The number of unbranched alkanes of at least 4 members (excludes halogenated alkanes) is 3. The molecule has 0 radical (unpaired) electrons. The molecular formula is C13H28N2OS. The molecule has 0 heterocycles. The molecule has 1 amide bonds. The summed E-state index contributed by atoms with van der Waals surface area (Å²) in [5.41, 5.74) is 5.62. The van der Waals surface area contributed by atoms with Crippen molar-refractivity contribution in [2.75, 3.05) is 18.6 Å². The molecule has 4 heteroatoms. The number of hydrogen-bond donors (Lipinski definition) is 2. The first kappa shape index (κ1) is 16.8. The van der Waals surface area contributed by atoms with Gasteiger partial charge in [-0.05, 0) is 44.6 Å². The van der Waals surface area contributed by atoms with Crippen molar-refractivity contribution in [3.63, 3.8) is 0 Å². The Bertz CT molecular complexity index is 186. The lowest BCUT2D eigenvalue weighted by Gasteiger charge is -2.06. The molecule has 0 rings (SSSR count). The van der Waals surface area contributed by atoms with Gasteiger partial charge in [-0.15, -0.1) is 0 Å². The van der Waals surface area contributed by atoms with E-state index in [1.165, 1.54) is 25.0 Å². The molecule has 3 nitrogen and oxygen atoms in total. The van der Waals surface area contributed by atoms with Crippen LogP contribution < -0.4 is 11.1 Å². The molecule has 0 bridgehead atoms. The van der Waals surface area contributed by atoms with Crippen LogP contribution in [0.4, 0.5) is 0 Å². The Hall–Kier alpha value is -0.220. The first-order chi connectivity index (χ1) is 8.16. The van der Waals surface area contributed by atoms with Gasteiger partial charge in [-0.1, -0.05) is 12.8 Å². The smallest absolute Gasteiger partial charge is 0.219 e. The fraction of sp³-hybridized carbons (Fsp3) is 0.923. The van der Waals surface area contributed by atoms with E-state index in [9.17, 15) is 4.79 Å². The third kappa shape index (κ3) is 13.7. The normalized spacial score (nSPS) is 12.4. The van der Waals surface area contributed by atoms with E-state index < -0.39 is 0 Å². The van der Waals surface area contributed by atoms with Gasteiger partial charge in [-0.25, -0.2) is 0 Å². The van der Waals surface area contributed by atoms with Crippen LogP contribution in [-0.4, -0.2) is 30.5 Å². The second-order valence-electron chi connectivity index (χ2n) is 4.63. The number of amides is 1. The maximum atomic E-state index is 11.4. The molecule has 0 aliphatic rings. The second kappa shape index (κ2) is 12.2. The lowest BCUT2D eigenvalue weighted by atomic mass is 10.1. The van der Waals surface area contributed by atoms with Crippen molar-refractivity contribution in [3.8, 4) is 0 Å². The lowest BCUT2D eigenvalue weighted by Crippen LogP contribution is -2.24. The molecule has 17 heavy (non-hydrogen) atoms. The van der Waals surface area contributed by atoms with Crippen LogP contribution >= 0.6 is 11.8 Å². The fourth-order valence-electron chi connectivity index (χ4n) is 1.63. The third-order valence-corrected chi connectivity index (χ3v) is 3.36. The highest BCUT2D eigenvalue weighted by Crippen LogP contribution is 2.04. The largest absolute Gasteiger partial charge is 0.356 e. The molecule has 0 saturated carbocycles. The molecule has 1 atom stereocenters. The molecule has 0 spiro atoms. The number of thioether (sulfide) groups is 1. The lowest BCUT2D eigenvalue weighted by molar-refractivity contribution is -0.121. The minimum Gasteiger partial charge on any atom is -0.356 e. The second-order valence-corrected chi connectivity index (χ2v) is 5.61. The van der Waals surface area contributed by atoms with Crippen LogP contribution in [0.3, 0.4) is 0 Å². The van der Waals surface area contributed by atoms with Crippen LogP contribution in [0.1, 0.15) is 51.9 Å². The summed E-state index contributed by atoms with van der Waals surface area (Å²) in [6.07, 6.45) is 9.49. The van der Waals surface area contributed by atoms with Gasteiger partial charge < -0.3 is 11.1 Å². The van der Waals surface area contributed by atoms with E-state index in [1.807, 2.05) is 18.7 Å². The summed E-state index contributed by atoms with van der Waals surface area (Å²) < 4.78 is 0. The number of rotatable bonds is 11. The summed E-state index contributed by atoms with van der Waals surface area (Å²) in [5.74, 6) is 1.43. The molecule has 0 saturated heterocycles. The van der Waals surface area contributed by atoms with Crippen LogP contribution in [-0.2, 0) is 4.79 Å². The molecule has 0 aromatic heterocycles. The molecule has 1 unspecified atom stereocenters. The highest BCUT2D eigenvalue weighted by atomic mass is 32.2. The van der Waals surface area contributed by atoms with Crippen molar-refractivity contribution in [1.29, 1.82) is 0 Å². The Morgan fingerprint density at radius 2 is 1.94 bits per heavy atom. The van der Waals surface area contributed by atoms with E-state index in [1.54, 1.807) is 0 Å². The van der Waals surface area contributed by atoms with E-state index >= 15 is 0 Å². The van der Waals surface area contributed by atoms with Crippen LogP contribution in [0.15, 0.2) is 0 Å². The average molecular weight is 260 g/mol. The van der Waals surface area contributed by atoms with E-state index in [0.29, 0.717) is 6.42 Å². The van der Waals surface area contributed by atoms with Gasteiger partial charge in [-0.3, -0.25) is 4.79 Å². The van der Waals surface area contributed by atoms with Crippen LogP contribution in [0.5, 0.6) is 0 Å². The topological polar surface area (TPSA) is 55.1 Å². The quantitative estimate of drug-likeness (QED) is 0.561. The van der Waals surface area contributed by atoms with Crippen molar-refractivity contribution in [2.45, 2.75) is 57.9 Å². The van der Waals surface area contributed by atoms with Gasteiger partial charge in [0.05, 0.1) is 0 Å². The van der Waals surface area contributed by atoms with Gasteiger partial charge in [0.1, 0.15) is 0 Å². The van der Waals surface area contributed by atoms with Crippen molar-refractivity contribution in [2.24, 2.45) is 5.73 Å². The highest BCUT2D eigenvalue weighted by Gasteiger charge is 2.01. The number of nitrogens with one attached hydrogen (secondary N) is 1. The van der Waals surface area contributed by atoms with E-state index in [2.05, 4.69) is 11.6 Å². The molecule has 0 aromatic rings. The van der Waals surface area contributed by atoms with Crippen molar-refractivity contribution < 1.29 is 4.79 Å². The van der Waals surface area contributed by atoms with E-state index in [-0.39, 0.29) is 11.9 Å². The van der Waals surface area contributed by atoms with E-state index in [4.69, 9.17) is 5.73 Å². The Morgan fingerprint density at radius 1 is 1.24 bits per heavy atom. The summed E-state index contributed by atoms with van der Waals surface area (Å²) in [5, 5.41) is 2.96. The molecule has 3 N–H and O–H groups in total. The molecule has 0 aliphatic carbocycles. The van der Waals surface area contributed by atoms with Gasteiger partial charge in [0.25, 0.3) is 0 Å². The zero-order valence-electron chi connectivity index (χ0n) is 11.3. The summed E-state index contributed by atoms with van der Waals surface area (Å²) in [4.78, 5) is 11.4. The number of hydrogen-bond acceptors (Lipinski definition) is 3. The van der Waals surface area contributed by atoms with Crippen molar-refractivity contribution in [3.05, 3.63) is 0 Å². The first-order valence-corrected chi connectivity index (χ1v) is 8.07. The number of nitrogens with two attached hydrogens (primary N) is 1. The molecule has 102 valence electrons. The fourth-order valence-corrected chi connectivity index (χ4v) is 2.12. The van der Waals surface area contributed by atoms with E-state index in [0.717, 1.165) is 25.8 Å². The zero-order valence-corrected chi connectivity index (χ0v) is 12.2. The molecular weight excluding hydrogens is 232 g/mol. The molecule has 0 aliphatic heterocycles. The zero-order chi connectivity index (χ0) is 12.9. The van der Waals surface area contributed by atoms with Gasteiger partial charge in [-0.2, -0.15) is 11.8 Å². The monoisotopic (exact) mass is 260 g/mol. The average Bonchev–Trinajstić information content (AvgIpc) is 2.27. The van der Waals surface area contributed by atoms with Crippen LogP contribution in [0.25, 0.3) is 0 Å². The van der Waals surface area contributed by atoms with Crippen molar-refractivity contribution in [1.82, 2.24) is 5.32 Å². The standard InChI is InChI=1S/C13H28N2OS/c1-12(14)8-7-9-13(16)15-10-5-3-4-6-11-17-2/h12H,3-11,14H2,1-2H3,(H,15,16). The predicted molar refractivity (Wildman–Crippen MR) is 77.4 cm³/mol. The third-order valence-electron chi connectivity index (χ3n) is 2.66. The molecule has 0 fully saturated rings. The highest BCUT2D eigenvalue weighted by molar-refractivity contribution is 7.98. The summed E-state index contributed by atoms with van der Waals surface area (Å²) in [6, 6.07) is 0.208. The summed E-state index contributed by atoms with van der Waals surface area (Å²) in [7, 11) is 0. The van der Waals surface area contributed by atoms with Crippen LogP contribution in [0.2, 0.25) is 0 Å². The van der Waals surface area contributed by atoms with Gasteiger partial charge >= 0.3 is 0 Å². The summed E-state index contributed by atoms with van der Waals surface area (Å²) in [6.45, 7) is 2.81. The minimum absolute atomic E-state index is 0.176. The maximum Gasteiger partial charge on any atom is 0.219 e. The Labute approximate surface area is 110 Å². The van der Waals surface area contributed by atoms with Gasteiger partial charge in [0.15, 0.2) is 0 Å². The van der Waals surface area contributed by atoms with Crippen molar-refractivity contribution >= 4 is 17.7 Å². The molecule has 0 aromatic carbocycles. The minimum atomic E-state index is 0.176. The maximum absolute atomic E-state index is 11.4. The van der Waals surface area contributed by atoms with Crippen LogP contribution in [0, 0.1) is 0 Å². The Kier molecular flexibility index (Phi) is 12.1. The number of carbonyl (C=O) groups is 1. The Morgan fingerprint density at radius 3 is 2.59 bits per heavy atom. The number of carbonyl (C=O) groups excluding carboxylic acids is 1. The Balaban J connectivity index is 3.16. The SMILES string of the molecule is CSCCCCCCNC(=O)CCCC(C)N. The van der Waals surface area contributed by atoms with Gasteiger partial charge in [0.2, 0.25) is 5.91 Å². The summed E-state index contributed by atoms with van der Waals surface area (Å²) >= 11 is 1.90. The predicted octanol–water partition coefficient (Wildman–Crippen LogP) is 2.54. The first-order valence-electron chi connectivity index (χ1n) is 6.68.